The van der Waals surface area contributed by atoms with E-state index >= 15 is 0 Å². The van der Waals surface area contributed by atoms with Crippen LogP contribution in [-0.2, 0) is 9.84 Å². The summed E-state index contributed by atoms with van der Waals surface area (Å²) in [6, 6.07) is 5.60. The molecule has 22 heavy (non-hydrogen) atoms. The molecular formula is C13H10FNO6S. The van der Waals surface area contributed by atoms with Crippen LogP contribution in [0.4, 0.5) is 10.1 Å². The van der Waals surface area contributed by atoms with Gasteiger partial charge in [-0.1, -0.05) is 0 Å². The first-order valence-electron chi connectivity index (χ1n) is 5.83. The first-order valence-corrected chi connectivity index (χ1v) is 7.31. The molecule has 9 heteroatoms. The molecule has 0 aromatic heterocycles. The zero-order chi connectivity index (χ0) is 16.5. The van der Waals surface area contributed by atoms with Gasteiger partial charge in [-0.05, 0) is 24.3 Å². The van der Waals surface area contributed by atoms with Gasteiger partial charge in [0.25, 0.3) is 0 Å². The minimum Gasteiger partial charge on any atom is -0.504 e. The van der Waals surface area contributed by atoms with Gasteiger partial charge in [-0.25, -0.2) is 8.42 Å². The van der Waals surface area contributed by atoms with Gasteiger partial charge in [-0.3, -0.25) is 10.1 Å². The predicted octanol–water partition coefficient (Wildman–Crippen LogP) is 2.28. The summed E-state index contributed by atoms with van der Waals surface area (Å²) in [6.45, 7) is 0. The van der Waals surface area contributed by atoms with Crippen molar-refractivity contribution in [2.45, 2.75) is 9.79 Å². The zero-order valence-electron chi connectivity index (χ0n) is 11.2. The van der Waals surface area contributed by atoms with E-state index < -0.39 is 36.9 Å². The maximum atomic E-state index is 13.3. The van der Waals surface area contributed by atoms with Crippen molar-refractivity contribution >= 4 is 15.5 Å². The lowest BCUT2D eigenvalue weighted by atomic mass is 10.3. The molecule has 0 aliphatic rings. The number of rotatable bonds is 4. The molecule has 1 N–H and O–H groups in total. The van der Waals surface area contributed by atoms with Crippen LogP contribution in [0.5, 0.6) is 11.5 Å². The van der Waals surface area contributed by atoms with Crippen LogP contribution in [0.3, 0.4) is 0 Å². The van der Waals surface area contributed by atoms with Gasteiger partial charge in [0.05, 0.1) is 21.8 Å². The van der Waals surface area contributed by atoms with E-state index in [1.807, 2.05) is 0 Å². The van der Waals surface area contributed by atoms with Crippen molar-refractivity contribution in [3.05, 3.63) is 52.3 Å². The SMILES string of the molecule is COc1ccc(S(=O)(=O)c2ccc(F)c([N+](=O)[O-])c2)cc1O. The van der Waals surface area contributed by atoms with E-state index in [-0.39, 0.29) is 10.6 Å². The second kappa shape index (κ2) is 5.60. The van der Waals surface area contributed by atoms with Gasteiger partial charge in [0.2, 0.25) is 15.7 Å². The summed E-state index contributed by atoms with van der Waals surface area (Å²) < 4.78 is 42.8. The molecule has 2 rings (SSSR count). The minimum atomic E-state index is -4.15. The van der Waals surface area contributed by atoms with Crippen molar-refractivity contribution in [2.24, 2.45) is 0 Å². The van der Waals surface area contributed by atoms with E-state index in [0.29, 0.717) is 12.1 Å². The lowest BCUT2D eigenvalue weighted by Gasteiger charge is -2.08. The summed E-state index contributed by atoms with van der Waals surface area (Å²) in [7, 11) is -2.85. The molecule has 0 radical (unpaired) electrons. The number of sulfone groups is 1. The van der Waals surface area contributed by atoms with Crippen molar-refractivity contribution in [3.8, 4) is 11.5 Å². The number of benzene rings is 2. The highest BCUT2D eigenvalue weighted by molar-refractivity contribution is 7.91. The Labute approximate surface area is 124 Å². The molecular weight excluding hydrogens is 317 g/mol. The first kappa shape index (κ1) is 15.7. The molecule has 2 aromatic carbocycles. The molecule has 0 saturated carbocycles. The van der Waals surface area contributed by atoms with Crippen molar-refractivity contribution in [3.63, 3.8) is 0 Å². The fourth-order valence-corrected chi connectivity index (χ4v) is 3.07. The third-order valence-electron chi connectivity index (χ3n) is 2.89. The number of nitro benzene ring substituents is 1. The number of hydrogen-bond donors (Lipinski definition) is 1. The van der Waals surface area contributed by atoms with Crippen LogP contribution in [0.25, 0.3) is 0 Å². The fraction of sp³-hybridized carbons (Fsp3) is 0.0769. The van der Waals surface area contributed by atoms with Crippen molar-refractivity contribution in [1.29, 1.82) is 0 Å². The molecule has 0 atom stereocenters. The summed E-state index contributed by atoms with van der Waals surface area (Å²) in [4.78, 5) is 8.92. The van der Waals surface area contributed by atoms with E-state index in [9.17, 15) is 28.0 Å². The van der Waals surface area contributed by atoms with E-state index in [1.165, 1.54) is 19.2 Å². The Balaban J connectivity index is 2.58. The number of phenols is 1. The third-order valence-corrected chi connectivity index (χ3v) is 4.63. The van der Waals surface area contributed by atoms with Gasteiger partial charge in [0, 0.05) is 12.1 Å². The molecule has 0 bridgehead atoms. The Morgan fingerprint density at radius 3 is 2.32 bits per heavy atom. The van der Waals surface area contributed by atoms with E-state index in [0.717, 1.165) is 12.1 Å². The molecule has 0 unspecified atom stereocenters. The average Bonchev–Trinajstić information content (AvgIpc) is 2.47. The maximum absolute atomic E-state index is 13.3. The summed E-state index contributed by atoms with van der Waals surface area (Å²) in [5, 5.41) is 20.3. The number of nitro groups is 1. The molecule has 7 nitrogen and oxygen atoms in total. The Hall–Kier alpha value is -2.68. The number of hydrogen-bond acceptors (Lipinski definition) is 6. The summed E-state index contributed by atoms with van der Waals surface area (Å²) in [5.41, 5.74) is -0.946. The smallest absolute Gasteiger partial charge is 0.306 e. The van der Waals surface area contributed by atoms with Crippen LogP contribution in [0.2, 0.25) is 0 Å². The minimum absolute atomic E-state index is 0.0732. The molecule has 2 aromatic rings. The van der Waals surface area contributed by atoms with Crippen LogP contribution in [0.1, 0.15) is 0 Å². The molecule has 0 amide bonds. The van der Waals surface area contributed by atoms with Crippen LogP contribution in [0, 0.1) is 15.9 Å². The quantitative estimate of drug-likeness (QED) is 0.524. The van der Waals surface area contributed by atoms with Crippen LogP contribution in [0.15, 0.2) is 46.2 Å². The van der Waals surface area contributed by atoms with Gasteiger partial charge >= 0.3 is 5.69 Å². The Kier molecular flexibility index (Phi) is 4.00. The van der Waals surface area contributed by atoms with Crippen molar-refractivity contribution < 1.29 is 27.6 Å². The lowest BCUT2D eigenvalue weighted by molar-refractivity contribution is -0.387. The number of nitrogens with zero attached hydrogens (tertiary/aromatic N) is 1. The zero-order valence-corrected chi connectivity index (χ0v) is 12.0. The number of phenolic OH excluding ortho intramolecular Hbond substituents is 1. The number of ether oxygens (including phenoxy) is 1. The van der Waals surface area contributed by atoms with Gasteiger partial charge in [0.1, 0.15) is 0 Å². The third kappa shape index (κ3) is 2.70. The Morgan fingerprint density at radius 2 is 1.77 bits per heavy atom. The number of methoxy groups -OCH3 is 1. The Morgan fingerprint density at radius 1 is 1.18 bits per heavy atom. The second-order valence-electron chi connectivity index (χ2n) is 4.21. The van der Waals surface area contributed by atoms with Crippen molar-refractivity contribution in [2.75, 3.05) is 7.11 Å². The molecule has 0 aliphatic carbocycles. The summed E-state index contributed by atoms with van der Waals surface area (Å²) in [5.74, 6) is -1.47. The van der Waals surface area contributed by atoms with Crippen LogP contribution < -0.4 is 4.74 Å². The van der Waals surface area contributed by atoms with Gasteiger partial charge in [0.15, 0.2) is 11.5 Å². The Bertz CT molecular complexity index is 850. The highest BCUT2D eigenvalue weighted by Gasteiger charge is 2.24. The predicted molar refractivity (Wildman–Crippen MR) is 73.2 cm³/mol. The molecule has 0 saturated heterocycles. The van der Waals surface area contributed by atoms with Crippen LogP contribution in [-0.4, -0.2) is 25.6 Å². The fourth-order valence-electron chi connectivity index (χ4n) is 1.77. The average molecular weight is 327 g/mol. The number of aromatic hydroxyl groups is 1. The topological polar surface area (TPSA) is 107 Å². The van der Waals surface area contributed by atoms with E-state index in [1.54, 1.807) is 0 Å². The highest BCUT2D eigenvalue weighted by atomic mass is 32.2. The van der Waals surface area contributed by atoms with Gasteiger partial charge in [-0.2, -0.15) is 4.39 Å². The summed E-state index contributed by atoms with van der Waals surface area (Å²) >= 11 is 0. The number of halogens is 1. The summed E-state index contributed by atoms with van der Waals surface area (Å²) in [6.07, 6.45) is 0. The van der Waals surface area contributed by atoms with Gasteiger partial charge < -0.3 is 9.84 Å². The van der Waals surface area contributed by atoms with E-state index in [2.05, 4.69) is 0 Å². The normalized spacial score (nSPS) is 11.2. The van der Waals surface area contributed by atoms with Crippen LogP contribution >= 0.6 is 0 Å². The monoisotopic (exact) mass is 327 g/mol. The molecule has 0 fully saturated rings. The van der Waals surface area contributed by atoms with Gasteiger partial charge in [-0.15, -0.1) is 0 Å². The standard InChI is InChI=1S/C13H10FNO6S/c1-21-13-5-3-9(7-12(13)16)22(19,20)8-2-4-10(14)11(6-8)15(17)18/h2-7,16H,1H3. The largest absolute Gasteiger partial charge is 0.504 e. The maximum Gasteiger partial charge on any atom is 0.306 e. The first-order chi connectivity index (χ1) is 10.3. The molecule has 116 valence electrons. The molecule has 0 spiro atoms. The van der Waals surface area contributed by atoms with E-state index in [4.69, 9.17) is 4.74 Å². The second-order valence-corrected chi connectivity index (χ2v) is 6.16. The van der Waals surface area contributed by atoms with Crippen molar-refractivity contribution in [1.82, 2.24) is 0 Å². The molecule has 0 heterocycles. The lowest BCUT2D eigenvalue weighted by Crippen LogP contribution is -2.04. The molecule has 0 aliphatic heterocycles. The highest BCUT2D eigenvalue weighted by Crippen LogP contribution is 2.32.